The highest BCUT2D eigenvalue weighted by Crippen LogP contribution is 1.96. The third-order valence-corrected chi connectivity index (χ3v) is 4.19. The van der Waals surface area contributed by atoms with Crippen molar-refractivity contribution in [2.75, 3.05) is 26.4 Å². The van der Waals surface area contributed by atoms with Crippen molar-refractivity contribution in [1.82, 2.24) is 19.2 Å². The fourth-order valence-corrected chi connectivity index (χ4v) is 2.08. The Morgan fingerprint density at radius 1 is 1.53 bits per heavy atom. The molecule has 0 amide bonds. The van der Waals surface area contributed by atoms with Crippen LogP contribution in [0.3, 0.4) is 0 Å². The van der Waals surface area contributed by atoms with E-state index in [1.165, 1.54) is 29.9 Å². The number of hydrogen-bond donors (Lipinski definition) is 1. The molecule has 0 radical (unpaired) electrons. The zero-order chi connectivity index (χ0) is 11.3. The first-order valence-corrected chi connectivity index (χ1v) is 6.84. The maximum Gasteiger partial charge on any atom is 0.214 e. The van der Waals surface area contributed by atoms with E-state index in [4.69, 9.17) is 0 Å². The zero-order valence-electron chi connectivity index (χ0n) is 8.67. The van der Waals surface area contributed by atoms with Crippen LogP contribution in [0.1, 0.15) is 5.69 Å². The van der Waals surface area contributed by atoms with Crippen molar-refractivity contribution in [3.8, 4) is 0 Å². The Kier molecular flexibility index (Phi) is 4.58. The standard InChI is InChI=1S/C7H14N4O2S2/c1-11(2)15(12,13)4-3-8-5-7-6-14-10-9-7/h6,8H,3-5H2,1-2H3. The van der Waals surface area contributed by atoms with Crippen LogP contribution in [0.25, 0.3) is 0 Å². The average Bonchev–Trinajstić information content (AvgIpc) is 2.64. The predicted octanol–water partition coefficient (Wildman–Crippen LogP) is -0.481. The molecule has 0 fully saturated rings. The van der Waals surface area contributed by atoms with Gasteiger partial charge in [0, 0.05) is 32.6 Å². The van der Waals surface area contributed by atoms with Crippen molar-refractivity contribution in [3.63, 3.8) is 0 Å². The third kappa shape index (κ3) is 4.20. The lowest BCUT2D eigenvalue weighted by Crippen LogP contribution is -2.31. The normalized spacial score (nSPS) is 12.2. The topological polar surface area (TPSA) is 75.2 Å². The molecule has 6 nitrogen and oxygen atoms in total. The van der Waals surface area contributed by atoms with Crippen LogP contribution in [0, 0.1) is 0 Å². The van der Waals surface area contributed by atoms with Crippen molar-refractivity contribution >= 4 is 21.6 Å². The van der Waals surface area contributed by atoms with Crippen LogP contribution in [-0.2, 0) is 16.6 Å². The van der Waals surface area contributed by atoms with Crippen molar-refractivity contribution in [3.05, 3.63) is 11.1 Å². The Bertz CT molecular complexity index is 374. The van der Waals surface area contributed by atoms with Crippen LogP contribution in [0.2, 0.25) is 0 Å². The first kappa shape index (κ1) is 12.5. The summed E-state index contributed by atoms with van der Waals surface area (Å²) in [6.07, 6.45) is 0. The summed E-state index contributed by atoms with van der Waals surface area (Å²) in [5.74, 6) is 0.0948. The van der Waals surface area contributed by atoms with E-state index in [2.05, 4.69) is 14.9 Å². The summed E-state index contributed by atoms with van der Waals surface area (Å²) in [5, 5.41) is 8.66. The zero-order valence-corrected chi connectivity index (χ0v) is 10.3. The van der Waals surface area contributed by atoms with Crippen molar-refractivity contribution < 1.29 is 8.42 Å². The summed E-state index contributed by atoms with van der Waals surface area (Å²) in [6.45, 7) is 0.970. The second-order valence-electron chi connectivity index (χ2n) is 3.17. The highest BCUT2D eigenvalue weighted by atomic mass is 32.2. The summed E-state index contributed by atoms with van der Waals surface area (Å²) in [4.78, 5) is 0. The second-order valence-corrected chi connectivity index (χ2v) is 6.08. The molecule has 0 saturated carbocycles. The molecular weight excluding hydrogens is 236 g/mol. The average molecular weight is 250 g/mol. The molecule has 1 heterocycles. The van der Waals surface area contributed by atoms with Crippen LogP contribution >= 0.6 is 11.5 Å². The molecule has 0 aromatic carbocycles. The minimum absolute atomic E-state index is 0.0948. The van der Waals surface area contributed by atoms with E-state index >= 15 is 0 Å². The molecule has 0 bridgehead atoms. The van der Waals surface area contributed by atoms with Gasteiger partial charge in [-0.3, -0.25) is 0 Å². The van der Waals surface area contributed by atoms with E-state index in [1.54, 1.807) is 0 Å². The Hall–Kier alpha value is -0.570. The summed E-state index contributed by atoms with van der Waals surface area (Å²) >= 11 is 1.28. The molecule has 0 saturated heterocycles. The van der Waals surface area contributed by atoms with E-state index < -0.39 is 10.0 Å². The molecule has 0 aliphatic carbocycles. The predicted molar refractivity (Wildman–Crippen MR) is 59.1 cm³/mol. The third-order valence-electron chi connectivity index (χ3n) is 1.80. The van der Waals surface area contributed by atoms with E-state index in [1.807, 2.05) is 5.38 Å². The highest BCUT2D eigenvalue weighted by molar-refractivity contribution is 7.89. The van der Waals surface area contributed by atoms with Gasteiger partial charge in [-0.2, -0.15) is 0 Å². The van der Waals surface area contributed by atoms with Gasteiger partial charge in [0.05, 0.1) is 11.4 Å². The summed E-state index contributed by atoms with van der Waals surface area (Å²) in [6, 6.07) is 0. The quantitative estimate of drug-likeness (QED) is 0.690. The van der Waals surface area contributed by atoms with E-state index in [0.29, 0.717) is 13.1 Å². The molecule has 1 aromatic heterocycles. The minimum Gasteiger partial charge on any atom is -0.310 e. The van der Waals surface area contributed by atoms with E-state index in [-0.39, 0.29) is 5.75 Å². The second kappa shape index (κ2) is 5.50. The minimum atomic E-state index is -3.10. The Morgan fingerprint density at radius 2 is 2.27 bits per heavy atom. The first-order chi connectivity index (χ1) is 7.02. The smallest absolute Gasteiger partial charge is 0.214 e. The molecule has 0 spiro atoms. The number of nitrogens with zero attached hydrogens (tertiary/aromatic N) is 3. The highest BCUT2D eigenvalue weighted by Gasteiger charge is 2.12. The van der Waals surface area contributed by atoms with E-state index in [0.717, 1.165) is 5.69 Å². The molecule has 1 rings (SSSR count). The molecule has 8 heteroatoms. The van der Waals surface area contributed by atoms with Crippen molar-refractivity contribution in [1.29, 1.82) is 0 Å². The van der Waals surface area contributed by atoms with Crippen molar-refractivity contribution in [2.45, 2.75) is 6.54 Å². The number of rotatable bonds is 6. The van der Waals surface area contributed by atoms with Gasteiger partial charge in [-0.05, 0) is 11.5 Å². The van der Waals surface area contributed by atoms with Gasteiger partial charge >= 0.3 is 0 Å². The van der Waals surface area contributed by atoms with Gasteiger partial charge in [0.25, 0.3) is 0 Å². The maximum absolute atomic E-state index is 11.4. The van der Waals surface area contributed by atoms with Gasteiger partial charge in [-0.1, -0.05) is 4.49 Å². The molecule has 0 atom stereocenters. The summed E-state index contributed by atoms with van der Waals surface area (Å²) in [5.41, 5.74) is 0.835. The lowest BCUT2D eigenvalue weighted by molar-refractivity contribution is 0.517. The molecule has 15 heavy (non-hydrogen) atoms. The fraction of sp³-hybridized carbons (Fsp3) is 0.714. The van der Waals surface area contributed by atoms with Crippen LogP contribution in [0.4, 0.5) is 0 Å². The fourth-order valence-electron chi connectivity index (χ4n) is 0.861. The number of nitrogens with one attached hydrogen (secondary N) is 1. The monoisotopic (exact) mass is 250 g/mol. The SMILES string of the molecule is CN(C)S(=O)(=O)CCNCc1csnn1. The molecule has 1 aromatic rings. The van der Waals surface area contributed by atoms with Gasteiger partial charge in [0.2, 0.25) is 10.0 Å². The van der Waals surface area contributed by atoms with Crippen LogP contribution in [0.5, 0.6) is 0 Å². The van der Waals surface area contributed by atoms with E-state index in [9.17, 15) is 8.42 Å². The molecule has 0 aliphatic heterocycles. The first-order valence-electron chi connectivity index (χ1n) is 4.39. The van der Waals surface area contributed by atoms with Crippen LogP contribution < -0.4 is 5.32 Å². The molecule has 86 valence electrons. The molecule has 0 unspecified atom stereocenters. The largest absolute Gasteiger partial charge is 0.310 e. The maximum atomic E-state index is 11.4. The Balaban J connectivity index is 2.23. The number of hydrogen-bond acceptors (Lipinski definition) is 6. The number of sulfonamides is 1. The molecular formula is C7H14N4O2S2. The summed E-state index contributed by atoms with van der Waals surface area (Å²) in [7, 11) is -0.0469. The van der Waals surface area contributed by atoms with Gasteiger partial charge < -0.3 is 5.32 Å². The number of aromatic nitrogens is 2. The Labute approximate surface area is 93.5 Å². The summed E-state index contributed by atoms with van der Waals surface area (Å²) < 4.78 is 27.6. The van der Waals surface area contributed by atoms with Gasteiger partial charge in [-0.15, -0.1) is 5.10 Å². The molecule has 0 aliphatic rings. The molecule has 1 N–H and O–H groups in total. The van der Waals surface area contributed by atoms with Crippen LogP contribution in [-0.4, -0.2) is 48.7 Å². The van der Waals surface area contributed by atoms with Gasteiger partial charge in [0.15, 0.2) is 0 Å². The lowest BCUT2D eigenvalue weighted by atomic mass is 10.5. The Morgan fingerprint density at radius 3 is 2.80 bits per heavy atom. The van der Waals surface area contributed by atoms with Crippen molar-refractivity contribution in [2.24, 2.45) is 0 Å². The van der Waals surface area contributed by atoms with Crippen LogP contribution in [0.15, 0.2) is 5.38 Å². The van der Waals surface area contributed by atoms with Gasteiger partial charge in [-0.25, -0.2) is 12.7 Å². The van der Waals surface area contributed by atoms with Gasteiger partial charge in [0.1, 0.15) is 0 Å². The lowest BCUT2D eigenvalue weighted by Gasteiger charge is -2.10.